The van der Waals surface area contributed by atoms with E-state index in [1.165, 1.54) is 35.2 Å². The Hall–Kier alpha value is -3.33. The Balaban J connectivity index is 1.27. The Morgan fingerprint density at radius 3 is 2.53 bits per heavy atom. The Kier molecular flexibility index (Phi) is 6.92. The van der Waals surface area contributed by atoms with Crippen molar-refractivity contribution in [1.29, 1.82) is 0 Å². The van der Waals surface area contributed by atoms with Crippen molar-refractivity contribution in [3.8, 4) is 0 Å². The summed E-state index contributed by atoms with van der Waals surface area (Å²) in [4.78, 5) is 21.2. The number of rotatable bonds is 6. The van der Waals surface area contributed by atoms with E-state index < -0.39 is 17.6 Å². The first-order valence-corrected chi connectivity index (χ1v) is 11.1. The van der Waals surface area contributed by atoms with Gasteiger partial charge < -0.3 is 14.6 Å². The largest absolute Gasteiger partial charge is 0.447 e. The second-order valence-corrected chi connectivity index (χ2v) is 8.54. The van der Waals surface area contributed by atoms with Crippen molar-refractivity contribution in [2.45, 2.75) is 33.1 Å². The molecule has 0 atom stereocenters. The summed E-state index contributed by atoms with van der Waals surface area (Å²) >= 11 is 0. The molecule has 9 heteroatoms. The average molecular weight is 473 g/mol. The monoisotopic (exact) mass is 472 g/mol. The van der Waals surface area contributed by atoms with E-state index in [-0.39, 0.29) is 12.2 Å². The van der Waals surface area contributed by atoms with Gasteiger partial charge in [-0.25, -0.2) is 4.98 Å². The van der Waals surface area contributed by atoms with Crippen LogP contribution in [0.1, 0.15) is 38.6 Å². The van der Waals surface area contributed by atoms with Gasteiger partial charge in [0.2, 0.25) is 5.89 Å². The van der Waals surface area contributed by atoms with Crippen LogP contribution in [0.15, 0.2) is 53.1 Å². The molecule has 34 heavy (non-hydrogen) atoms. The lowest BCUT2D eigenvalue weighted by Gasteiger charge is -2.35. The number of nitrogens with one attached hydrogen (secondary N) is 1. The van der Waals surface area contributed by atoms with E-state index in [9.17, 15) is 18.0 Å². The molecule has 2 aromatic carbocycles. The number of carbonyl (C=O) groups is 1. The van der Waals surface area contributed by atoms with Gasteiger partial charge in [-0.05, 0) is 54.8 Å². The number of hydrogen-bond acceptors (Lipinski definition) is 5. The molecule has 1 aliphatic rings. The van der Waals surface area contributed by atoms with E-state index in [0.717, 1.165) is 38.3 Å². The summed E-state index contributed by atoms with van der Waals surface area (Å²) in [6, 6.07) is 11.4. The molecule has 180 valence electrons. The Morgan fingerprint density at radius 2 is 1.82 bits per heavy atom. The molecule has 0 aliphatic carbocycles. The fourth-order valence-electron chi connectivity index (χ4n) is 3.90. The van der Waals surface area contributed by atoms with Gasteiger partial charge in [0, 0.05) is 38.4 Å². The van der Waals surface area contributed by atoms with Crippen LogP contribution in [0.5, 0.6) is 0 Å². The van der Waals surface area contributed by atoms with Crippen molar-refractivity contribution >= 4 is 11.6 Å². The number of halogens is 3. The first kappa shape index (κ1) is 23.8. The van der Waals surface area contributed by atoms with Crippen LogP contribution < -0.4 is 10.2 Å². The lowest BCUT2D eigenvalue weighted by atomic mass is 10.1. The van der Waals surface area contributed by atoms with Crippen molar-refractivity contribution < 1.29 is 22.4 Å². The van der Waals surface area contributed by atoms with Crippen molar-refractivity contribution in [1.82, 2.24) is 15.2 Å². The predicted molar refractivity (Wildman–Crippen MR) is 123 cm³/mol. The Labute approximate surface area is 196 Å². The van der Waals surface area contributed by atoms with E-state index in [2.05, 4.69) is 52.1 Å². The third-order valence-electron chi connectivity index (χ3n) is 6.08. The zero-order valence-corrected chi connectivity index (χ0v) is 19.2. The SMILES string of the molecule is Cc1ccc(N2CCN(Cc3nc(C(=O)NCc4cccc(C(F)(F)F)c4)co3)CC2)cc1C. The van der Waals surface area contributed by atoms with Gasteiger partial charge in [-0.3, -0.25) is 9.69 Å². The molecule has 1 amide bonds. The number of alkyl halides is 3. The third kappa shape index (κ3) is 5.77. The number of aromatic nitrogens is 1. The molecule has 0 saturated carbocycles. The van der Waals surface area contributed by atoms with E-state index in [1.807, 2.05) is 0 Å². The summed E-state index contributed by atoms with van der Waals surface area (Å²) in [6.07, 6.45) is -3.15. The molecule has 3 aromatic rings. The van der Waals surface area contributed by atoms with Crippen LogP contribution >= 0.6 is 0 Å². The molecular weight excluding hydrogens is 445 g/mol. The highest BCUT2D eigenvalue weighted by molar-refractivity contribution is 5.91. The Morgan fingerprint density at radius 1 is 1.06 bits per heavy atom. The van der Waals surface area contributed by atoms with Crippen LogP contribution in [-0.4, -0.2) is 42.0 Å². The van der Waals surface area contributed by atoms with Crippen molar-refractivity contribution in [3.63, 3.8) is 0 Å². The molecule has 0 spiro atoms. The fourth-order valence-corrected chi connectivity index (χ4v) is 3.90. The predicted octanol–water partition coefficient (Wildman–Crippen LogP) is 4.56. The highest BCUT2D eigenvalue weighted by Crippen LogP contribution is 2.29. The first-order valence-electron chi connectivity index (χ1n) is 11.1. The second-order valence-electron chi connectivity index (χ2n) is 8.54. The number of aryl methyl sites for hydroxylation is 2. The minimum Gasteiger partial charge on any atom is -0.447 e. The molecule has 2 heterocycles. The van der Waals surface area contributed by atoms with Gasteiger partial charge in [0.1, 0.15) is 6.26 Å². The number of nitrogens with zero attached hydrogens (tertiary/aromatic N) is 3. The number of anilines is 1. The topological polar surface area (TPSA) is 61.6 Å². The molecule has 0 bridgehead atoms. The van der Waals surface area contributed by atoms with Crippen molar-refractivity contribution in [2.75, 3.05) is 31.1 Å². The smallest absolute Gasteiger partial charge is 0.416 e. The zero-order chi connectivity index (χ0) is 24.3. The summed E-state index contributed by atoms with van der Waals surface area (Å²) in [5.74, 6) is -0.0594. The number of benzene rings is 2. The highest BCUT2D eigenvalue weighted by atomic mass is 19.4. The molecule has 1 fully saturated rings. The summed E-state index contributed by atoms with van der Waals surface area (Å²) in [5, 5.41) is 2.59. The molecule has 1 aromatic heterocycles. The average Bonchev–Trinajstić information content (AvgIpc) is 3.28. The molecule has 1 aliphatic heterocycles. The van der Waals surface area contributed by atoms with Crippen LogP contribution in [0, 0.1) is 13.8 Å². The summed E-state index contributed by atoms with van der Waals surface area (Å²) < 4.78 is 44.0. The van der Waals surface area contributed by atoms with E-state index in [1.54, 1.807) is 0 Å². The van der Waals surface area contributed by atoms with Gasteiger partial charge in [-0.2, -0.15) is 13.2 Å². The molecule has 1 N–H and O–H groups in total. The summed E-state index contributed by atoms with van der Waals surface area (Å²) in [7, 11) is 0. The maximum atomic E-state index is 12.8. The molecule has 6 nitrogen and oxygen atoms in total. The Bertz CT molecular complexity index is 1150. The minimum absolute atomic E-state index is 0.0363. The molecule has 1 saturated heterocycles. The molecule has 0 radical (unpaired) electrons. The van der Waals surface area contributed by atoms with Crippen molar-refractivity contribution in [2.24, 2.45) is 0 Å². The van der Waals surface area contributed by atoms with Crippen LogP contribution in [0.3, 0.4) is 0 Å². The van der Waals surface area contributed by atoms with Gasteiger partial charge in [0.15, 0.2) is 5.69 Å². The number of amides is 1. The second kappa shape index (κ2) is 9.89. The number of oxazole rings is 1. The van der Waals surface area contributed by atoms with Gasteiger partial charge in [-0.1, -0.05) is 18.2 Å². The van der Waals surface area contributed by atoms with E-state index >= 15 is 0 Å². The number of piperazine rings is 1. The lowest BCUT2D eigenvalue weighted by molar-refractivity contribution is -0.137. The maximum absolute atomic E-state index is 12.8. The molecule has 0 unspecified atom stereocenters. The number of hydrogen-bond donors (Lipinski definition) is 1. The van der Waals surface area contributed by atoms with Gasteiger partial charge in [-0.15, -0.1) is 0 Å². The van der Waals surface area contributed by atoms with Gasteiger partial charge >= 0.3 is 6.18 Å². The highest BCUT2D eigenvalue weighted by Gasteiger charge is 2.30. The zero-order valence-electron chi connectivity index (χ0n) is 19.2. The molecule has 4 rings (SSSR count). The first-order chi connectivity index (χ1) is 16.2. The van der Waals surface area contributed by atoms with Crippen LogP contribution in [0.2, 0.25) is 0 Å². The van der Waals surface area contributed by atoms with Gasteiger partial charge in [0.25, 0.3) is 5.91 Å². The van der Waals surface area contributed by atoms with Crippen LogP contribution in [0.25, 0.3) is 0 Å². The maximum Gasteiger partial charge on any atom is 0.416 e. The number of carbonyl (C=O) groups excluding carboxylic acids is 1. The van der Waals surface area contributed by atoms with Crippen LogP contribution in [0.4, 0.5) is 18.9 Å². The van der Waals surface area contributed by atoms with Crippen molar-refractivity contribution in [3.05, 3.63) is 82.6 Å². The van der Waals surface area contributed by atoms with E-state index in [0.29, 0.717) is 18.0 Å². The summed E-state index contributed by atoms with van der Waals surface area (Å²) in [6.45, 7) is 8.12. The lowest BCUT2D eigenvalue weighted by Crippen LogP contribution is -2.46. The normalized spacial score (nSPS) is 14.9. The van der Waals surface area contributed by atoms with Gasteiger partial charge in [0.05, 0.1) is 12.1 Å². The van der Waals surface area contributed by atoms with E-state index in [4.69, 9.17) is 4.42 Å². The minimum atomic E-state index is -4.43. The fraction of sp³-hybridized carbons (Fsp3) is 0.360. The summed E-state index contributed by atoms with van der Waals surface area (Å²) in [5.41, 5.74) is 3.49. The van der Waals surface area contributed by atoms with Crippen LogP contribution in [-0.2, 0) is 19.3 Å². The molecular formula is C25H27F3N4O2. The third-order valence-corrected chi connectivity index (χ3v) is 6.08. The standard InChI is InChI=1S/C25H27F3N4O2/c1-17-6-7-21(12-18(17)2)32-10-8-31(9-11-32)15-23-30-22(16-34-23)24(33)29-14-19-4-3-5-20(13-19)25(26,27)28/h3-7,12-13,16H,8-11,14-15H2,1-2H3,(H,29,33). The quantitative estimate of drug-likeness (QED) is 0.570.